The van der Waals surface area contributed by atoms with E-state index in [1.807, 2.05) is 26.2 Å². The Morgan fingerprint density at radius 2 is 2.12 bits per heavy atom. The zero-order valence-electron chi connectivity index (χ0n) is 10.5. The van der Waals surface area contributed by atoms with E-state index in [0.29, 0.717) is 24.0 Å². The van der Waals surface area contributed by atoms with Crippen LogP contribution in [0, 0.1) is 0 Å². The van der Waals surface area contributed by atoms with Gasteiger partial charge in [0.1, 0.15) is 0 Å². The first-order valence-electron chi connectivity index (χ1n) is 5.76. The summed E-state index contributed by atoms with van der Waals surface area (Å²) in [6, 6.07) is 2.01. The first kappa shape index (κ1) is 14.6. The summed E-state index contributed by atoms with van der Waals surface area (Å²) in [4.78, 5) is 1.27. The molecule has 0 bridgehead atoms. The minimum absolute atomic E-state index is 0.344. The van der Waals surface area contributed by atoms with Gasteiger partial charge in [0, 0.05) is 24.0 Å². The quantitative estimate of drug-likeness (QED) is 0.800. The van der Waals surface area contributed by atoms with E-state index in [9.17, 15) is 8.42 Å². The number of rotatable bonds is 7. The molecule has 0 unspecified atom stereocenters. The molecule has 0 spiro atoms. The van der Waals surface area contributed by atoms with E-state index in [1.54, 1.807) is 6.07 Å². The lowest BCUT2D eigenvalue weighted by molar-refractivity contribution is 0.571. The van der Waals surface area contributed by atoms with Gasteiger partial charge >= 0.3 is 0 Å². The number of hydrogen-bond donors (Lipinski definition) is 2. The molecule has 0 atom stereocenters. The molecule has 1 aromatic rings. The lowest BCUT2D eigenvalue weighted by Crippen LogP contribution is -2.27. The number of nitrogens with one attached hydrogen (secondary N) is 2. The predicted octanol–water partition coefficient (Wildman–Crippen LogP) is 1.93. The minimum atomic E-state index is -3.34. The van der Waals surface area contributed by atoms with Gasteiger partial charge in [0.15, 0.2) is 0 Å². The second-order valence-corrected chi connectivity index (χ2v) is 6.88. The summed E-state index contributed by atoms with van der Waals surface area (Å²) >= 11 is 1.47. The summed E-state index contributed by atoms with van der Waals surface area (Å²) in [5, 5.41) is 5.05. The van der Waals surface area contributed by atoms with Crippen molar-refractivity contribution in [3.63, 3.8) is 0 Å². The first-order chi connectivity index (χ1) is 7.97. The lowest BCUT2D eigenvalue weighted by atomic mass is 10.4. The molecule has 0 saturated heterocycles. The van der Waals surface area contributed by atoms with Gasteiger partial charge in [0.05, 0.1) is 4.90 Å². The lowest BCUT2D eigenvalue weighted by Gasteiger charge is -2.09. The highest BCUT2D eigenvalue weighted by Crippen LogP contribution is 2.21. The van der Waals surface area contributed by atoms with Crippen molar-refractivity contribution < 1.29 is 8.42 Å². The van der Waals surface area contributed by atoms with E-state index in [2.05, 4.69) is 10.0 Å². The van der Waals surface area contributed by atoms with Crippen molar-refractivity contribution in [3.05, 3.63) is 16.3 Å². The molecule has 98 valence electrons. The van der Waals surface area contributed by atoms with Crippen molar-refractivity contribution in [3.8, 4) is 0 Å². The van der Waals surface area contributed by atoms with Crippen LogP contribution >= 0.6 is 11.3 Å². The van der Waals surface area contributed by atoms with Crippen molar-refractivity contribution in [2.24, 2.45) is 0 Å². The second-order valence-electron chi connectivity index (χ2n) is 4.14. The summed E-state index contributed by atoms with van der Waals surface area (Å²) in [5.74, 6) is 0. The van der Waals surface area contributed by atoms with Crippen molar-refractivity contribution in [2.45, 2.75) is 44.7 Å². The fourth-order valence-electron chi connectivity index (χ4n) is 1.31. The maximum atomic E-state index is 12.0. The summed E-state index contributed by atoms with van der Waals surface area (Å²) < 4.78 is 26.6. The van der Waals surface area contributed by atoms with Crippen LogP contribution in [-0.2, 0) is 16.6 Å². The van der Waals surface area contributed by atoms with Gasteiger partial charge in [-0.15, -0.1) is 11.3 Å². The van der Waals surface area contributed by atoms with Gasteiger partial charge < -0.3 is 5.32 Å². The molecule has 6 heteroatoms. The summed E-state index contributed by atoms with van der Waals surface area (Å²) in [7, 11) is -3.34. The molecule has 0 radical (unpaired) electrons. The molecular weight excluding hydrogens is 256 g/mol. The molecular formula is C11H20N2O2S2. The molecule has 4 nitrogen and oxygen atoms in total. The SMILES string of the molecule is CCCNS(=O)(=O)c1ccsc1CNC(C)C. The minimum Gasteiger partial charge on any atom is -0.310 e. The van der Waals surface area contributed by atoms with E-state index < -0.39 is 10.0 Å². The Hall–Kier alpha value is -0.430. The van der Waals surface area contributed by atoms with Gasteiger partial charge in [-0.25, -0.2) is 13.1 Å². The van der Waals surface area contributed by atoms with Gasteiger partial charge in [0.25, 0.3) is 0 Å². The van der Waals surface area contributed by atoms with Gasteiger partial charge in [-0.2, -0.15) is 0 Å². The van der Waals surface area contributed by atoms with Crippen molar-refractivity contribution in [2.75, 3.05) is 6.54 Å². The molecule has 0 aliphatic heterocycles. The third-order valence-corrected chi connectivity index (χ3v) is 4.80. The Morgan fingerprint density at radius 1 is 1.41 bits per heavy atom. The van der Waals surface area contributed by atoms with Crippen LogP contribution in [0.2, 0.25) is 0 Å². The van der Waals surface area contributed by atoms with Crippen LogP contribution in [0.1, 0.15) is 32.1 Å². The molecule has 0 fully saturated rings. The van der Waals surface area contributed by atoms with Crippen LogP contribution in [-0.4, -0.2) is 21.0 Å². The fraction of sp³-hybridized carbons (Fsp3) is 0.636. The Kier molecular flexibility index (Phi) is 5.58. The van der Waals surface area contributed by atoms with Crippen LogP contribution in [0.3, 0.4) is 0 Å². The highest BCUT2D eigenvalue weighted by molar-refractivity contribution is 7.89. The highest BCUT2D eigenvalue weighted by Gasteiger charge is 2.18. The molecule has 1 aromatic heterocycles. The molecule has 1 heterocycles. The standard InChI is InChI=1S/C11H20N2O2S2/c1-4-6-13-17(14,15)11-5-7-16-10(11)8-12-9(2)3/h5,7,9,12-13H,4,6,8H2,1-3H3. The Labute approximate surface area is 107 Å². The number of hydrogen-bond acceptors (Lipinski definition) is 4. The van der Waals surface area contributed by atoms with Crippen molar-refractivity contribution in [1.29, 1.82) is 0 Å². The van der Waals surface area contributed by atoms with Gasteiger partial charge in [-0.05, 0) is 17.9 Å². The smallest absolute Gasteiger partial charge is 0.241 e. The van der Waals surface area contributed by atoms with Gasteiger partial charge in [-0.1, -0.05) is 20.8 Å². The summed E-state index contributed by atoms with van der Waals surface area (Å²) in [6.45, 7) is 7.10. The third-order valence-electron chi connectivity index (χ3n) is 2.21. The van der Waals surface area contributed by atoms with Crippen LogP contribution in [0.5, 0.6) is 0 Å². The predicted molar refractivity (Wildman–Crippen MR) is 71.8 cm³/mol. The van der Waals surface area contributed by atoms with E-state index in [-0.39, 0.29) is 0 Å². The molecule has 0 saturated carbocycles. The Balaban J connectivity index is 2.80. The molecule has 0 aliphatic carbocycles. The van der Waals surface area contributed by atoms with Crippen LogP contribution < -0.4 is 10.0 Å². The highest BCUT2D eigenvalue weighted by atomic mass is 32.2. The molecule has 0 aromatic carbocycles. The van der Waals surface area contributed by atoms with Crippen LogP contribution in [0.25, 0.3) is 0 Å². The summed E-state index contributed by atoms with van der Waals surface area (Å²) in [5.41, 5.74) is 0. The molecule has 17 heavy (non-hydrogen) atoms. The first-order valence-corrected chi connectivity index (χ1v) is 8.13. The number of sulfonamides is 1. The maximum Gasteiger partial charge on any atom is 0.241 e. The Bertz CT molecular complexity index is 438. The normalized spacial score (nSPS) is 12.2. The second kappa shape index (κ2) is 6.49. The van der Waals surface area contributed by atoms with Gasteiger partial charge in [0.2, 0.25) is 10.0 Å². The van der Waals surface area contributed by atoms with Crippen LogP contribution in [0.15, 0.2) is 16.3 Å². The largest absolute Gasteiger partial charge is 0.310 e. The zero-order chi connectivity index (χ0) is 12.9. The average molecular weight is 276 g/mol. The number of thiophene rings is 1. The van der Waals surface area contributed by atoms with Crippen molar-refractivity contribution in [1.82, 2.24) is 10.0 Å². The molecule has 0 aliphatic rings. The zero-order valence-corrected chi connectivity index (χ0v) is 12.1. The molecule has 1 rings (SSSR count). The maximum absolute atomic E-state index is 12.0. The monoisotopic (exact) mass is 276 g/mol. The van der Waals surface area contributed by atoms with Crippen LogP contribution in [0.4, 0.5) is 0 Å². The van der Waals surface area contributed by atoms with E-state index in [4.69, 9.17) is 0 Å². The average Bonchev–Trinajstić information content (AvgIpc) is 2.72. The topological polar surface area (TPSA) is 58.2 Å². The summed E-state index contributed by atoms with van der Waals surface area (Å²) in [6.07, 6.45) is 0.795. The third kappa shape index (κ3) is 4.39. The fourth-order valence-corrected chi connectivity index (χ4v) is 3.83. The van der Waals surface area contributed by atoms with Crippen molar-refractivity contribution >= 4 is 21.4 Å². The van der Waals surface area contributed by atoms with Gasteiger partial charge in [-0.3, -0.25) is 0 Å². The van der Waals surface area contributed by atoms with E-state index >= 15 is 0 Å². The van der Waals surface area contributed by atoms with E-state index in [0.717, 1.165) is 11.3 Å². The molecule has 2 N–H and O–H groups in total. The van der Waals surface area contributed by atoms with E-state index in [1.165, 1.54) is 11.3 Å². The molecule has 0 amide bonds. The Morgan fingerprint density at radius 3 is 2.71 bits per heavy atom.